The van der Waals surface area contributed by atoms with E-state index in [1.807, 2.05) is 6.07 Å². The van der Waals surface area contributed by atoms with E-state index in [1.165, 1.54) is 75.5 Å². The van der Waals surface area contributed by atoms with Crippen LogP contribution in [-0.2, 0) is 18.3 Å². The second-order valence-electron chi connectivity index (χ2n) is 14.6. The molecule has 42 heavy (non-hydrogen) atoms. The van der Waals surface area contributed by atoms with Crippen molar-refractivity contribution in [1.82, 2.24) is 9.80 Å². The zero-order chi connectivity index (χ0) is 28.8. The molecule has 0 aromatic heterocycles. The Balaban J connectivity index is 1.12. The molecule has 2 aromatic carbocycles. The quantitative estimate of drug-likeness (QED) is 0.263. The highest BCUT2D eigenvalue weighted by molar-refractivity contribution is 5.65. The van der Waals surface area contributed by atoms with Gasteiger partial charge in [0.1, 0.15) is 11.9 Å². The Bertz CT molecular complexity index is 1240. The minimum absolute atomic E-state index is 0.00646. The fraction of sp³-hybridized carbons (Fsp3) is 0.676. The lowest BCUT2D eigenvalue weighted by molar-refractivity contribution is -0.0910. The molecular weight excluding hydrogens is 520 g/mol. The molecule has 2 aliphatic heterocycles. The number of likely N-dealkylation sites (tertiary alicyclic amines) is 1. The highest BCUT2D eigenvalue weighted by atomic mass is 16.5. The molecule has 5 atom stereocenters. The van der Waals surface area contributed by atoms with E-state index in [0.717, 1.165) is 55.5 Å². The van der Waals surface area contributed by atoms with E-state index >= 15 is 0 Å². The molecule has 7 rings (SSSR count). The Labute approximate surface area is 253 Å². The third-order valence-electron chi connectivity index (χ3n) is 11.5. The fourth-order valence-electron chi connectivity index (χ4n) is 9.54. The van der Waals surface area contributed by atoms with Crippen molar-refractivity contribution in [3.8, 4) is 17.2 Å². The normalized spacial score (nSPS) is 29.5. The molecule has 0 amide bonds. The number of methoxy groups -OCH3 is 1. The average molecular weight is 573 g/mol. The molecule has 0 unspecified atom stereocenters. The maximum atomic E-state index is 11.3. The first kappa shape index (κ1) is 28.5. The van der Waals surface area contributed by atoms with Gasteiger partial charge in [-0.2, -0.15) is 0 Å². The van der Waals surface area contributed by atoms with Crippen molar-refractivity contribution in [2.75, 3.05) is 33.3 Å². The van der Waals surface area contributed by atoms with Crippen LogP contribution in [0.15, 0.2) is 36.4 Å². The maximum Gasteiger partial charge on any atom is 0.166 e. The van der Waals surface area contributed by atoms with Crippen molar-refractivity contribution >= 4 is 0 Å². The van der Waals surface area contributed by atoms with E-state index < -0.39 is 0 Å². The molecule has 3 fully saturated rings. The van der Waals surface area contributed by atoms with Gasteiger partial charge in [0, 0.05) is 47.8 Å². The van der Waals surface area contributed by atoms with Crippen LogP contribution in [0.1, 0.15) is 88.3 Å². The molecule has 5 aliphatic rings. The first-order valence-electron chi connectivity index (χ1n) is 17.1. The van der Waals surface area contributed by atoms with Crippen LogP contribution in [0.5, 0.6) is 17.2 Å². The van der Waals surface area contributed by atoms with Gasteiger partial charge in [-0.15, -0.1) is 0 Å². The van der Waals surface area contributed by atoms with Crippen LogP contribution in [-0.4, -0.2) is 66.4 Å². The summed E-state index contributed by atoms with van der Waals surface area (Å²) in [5, 5.41) is 11.3. The van der Waals surface area contributed by atoms with Crippen molar-refractivity contribution in [3.63, 3.8) is 0 Å². The lowest BCUT2D eigenvalue weighted by Gasteiger charge is -2.60. The minimum atomic E-state index is -0.00646. The summed E-state index contributed by atoms with van der Waals surface area (Å²) in [7, 11) is 1.72. The van der Waals surface area contributed by atoms with Crippen LogP contribution in [0.2, 0.25) is 0 Å². The number of ether oxygens (including phenoxy) is 2. The minimum Gasteiger partial charge on any atom is -0.508 e. The third kappa shape index (κ3) is 5.03. The average Bonchev–Trinajstić information content (AvgIpc) is 3.74. The maximum absolute atomic E-state index is 11.3. The Morgan fingerprint density at radius 1 is 1.07 bits per heavy atom. The predicted octanol–water partition coefficient (Wildman–Crippen LogP) is 6.98. The van der Waals surface area contributed by atoms with Gasteiger partial charge in [-0.1, -0.05) is 57.0 Å². The first-order chi connectivity index (χ1) is 20.5. The van der Waals surface area contributed by atoms with E-state index in [4.69, 9.17) is 9.47 Å². The first-order valence-corrected chi connectivity index (χ1v) is 17.1. The van der Waals surface area contributed by atoms with E-state index in [2.05, 4.69) is 54.0 Å². The topological polar surface area (TPSA) is 45.2 Å². The van der Waals surface area contributed by atoms with Crippen LogP contribution >= 0.6 is 0 Å². The van der Waals surface area contributed by atoms with E-state index in [9.17, 15) is 5.11 Å². The predicted molar refractivity (Wildman–Crippen MR) is 169 cm³/mol. The SMILES string of the molecule is COc1cc(O)c2c3c1O[C@H]1[C@@H](N(CCCCCCc4ccccc4)CC(C)C)CC[C@H]4[C@@H](C2)N(CC2CC2)CC[C@@]341. The molecule has 1 saturated heterocycles. The number of hydrogen-bond acceptors (Lipinski definition) is 5. The molecule has 228 valence electrons. The number of rotatable bonds is 13. The summed E-state index contributed by atoms with van der Waals surface area (Å²) in [6.07, 6.45) is 13.8. The Morgan fingerprint density at radius 2 is 1.88 bits per heavy atom. The molecule has 0 radical (unpaired) electrons. The van der Waals surface area contributed by atoms with Gasteiger partial charge in [0.2, 0.25) is 0 Å². The van der Waals surface area contributed by atoms with Gasteiger partial charge < -0.3 is 14.6 Å². The second kappa shape index (κ2) is 11.7. The molecule has 5 nitrogen and oxygen atoms in total. The summed E-state index contributed by atoms with van der Waals surface area (Å²) >= 11 is 0. The van der Waals surface area contributed by atoms with Crippen molar-refractivity contribution in [2.24, 2.45) is 17.8 Å². The monoisotopic (exact) mass is 572 g/mol. The van der Waals surface area contributed by atoms with Crippen molar-refractivity contribution in [3.05, 3.63) is 53.1 Å². The van der Waals surface area contributed by atoms with Gasteiger partial charge in [0.15, 0.2) is 11.5 Å². The Hall–Kier alpha value is -2.24. The van der Waals surface area contributed by atoms with E-state index in [0.29, 0.717) is 29.7 Å². The summed E-state index contributed by atoms with van der Waals surface area (Å²) in [4.78, 5) is 5.63. The summed E-state index contributed by atoms with van der Waals surface area (Å²) in [6.45, 7) is 9.41. The Kier molecular flexibility index (Phi) is 7.94. The largest absolute Gasteiger partial charge is 0.508 e. The highest BCUT2D eigenvalue weighted by Crippen LogP contribution is 2.65. The van der Waals surface area contributed by atoms with Gasteiger partial charge in [-0.05, 0) is 94.2 Å². The van der Waals surface area contributed by atoms with Gasteiger partial charge in [-0.25, -0.2) is 0 Å². The molecule has 1 spiro atoms. The molecule has 2 bridgehead atoms. The number of unbranched alkanes of at least 4 members (excludes halogenated alkanes) is 3. The number of hydrogen-bond donors (Lipinski definition) is 1. The zero-order valence-electron chi connectivity index (χ0n) is 26.2. The molecule has 1 N–H and O–H groups in total. The fourth-order valence-corrected chi connectivity index (χ4v) is 9.54. The lowest BCUT2D eigenvalue weighted by atomic mass is 9.50. The summed E-state index contributed by atoms with van der Waals surface area (Å²) in [5.74, 6) is 4.21. The zero-order valence-corrected chi connectivity index (χ0v) is 26.2. The summed E-state index contributed by atoms with van der Waals surface area (Å²) < 4.78 is 13.0. The van der Waals surface area contributed by atoms with Crippen LogP contribution in [0.25, 0.3) is 0 Å². The van der Waals surface area contributed by atoms with Gasteiger partial charge in [0.25, 0.3) is 0 Å². The third-order valence-corrected chi connectivity index (χ3v) is 11.5. The number of aromatic hydroxyl groups is 1. The van der Waals surface area contributed by atoms with Gasteiger partial charge >= 0.3 is 0 Å². The standard InChI is InChI=1S/C37H52N2O3/c1-25(2)23-38(19-10-5-4-7-11-26-12-8-6-9-13-26)30-17-16-29-31-21-28-32(40)22-33(41-3)35-34(28)37(29,36(30)42-35)18-20-39(31)24-27-14-15-27/h6,8-9,12-13,22,25,27,29-31,36,40H,4-5,7,10-11,14-21,23-24H2,1-3H3/t29-,30-,31+,36-,37-/m0/s1. The van der Waals surface area contributed by atoms with Crippen LogP contribution in [0.3, 0.4) is 0 Å². The van der Waals surface area contributed by atoms with Gasteiger partial charge in [0.05, 0.1) is 7.11 Å². The van der Waals surface area contributed by atoms with E-state index in [1.54, 1.807) is 7.11 Å². The number of piperidine rings is 1. The van der Waals surface area contributed by atoms with Gasteiger partial charge in [-0.3, -0.25) is 9.80 Å². The lowest BCUT2D eigenvalue weighted by Crippen LogP contribution is -2.69. The highest BCUT2D eigenvalue weighted by Gasteiger charge is 2.67. The van der Waals surface area contributed by atoms with Crippen molar-refractivity contribution in [1.29, 1.82) is 0 Å². The summed E-state index contributed by atoms with van der Waals surface area (Å²) in [5.41, 5.74) is 3.94. The number of aryl methyl sites for hydroxylation is 1. The number of phenolic OH excluding ortho intramolecular Hbond substituents is 1. The summed E-state index contributed by atoms with van der Waals surface area (Å²) in [6, 6.07) is 13.7. The van der Waals surface area contributed by atoms with Crippen LogP contribution in [0, 0.1) is 17.8 Å². The molecule has 5 heteroatoms. The molecular formula is C37H52N2O3. The van der Waals surface area contributed by atoms with Crippen molar-refractivity contribution in [2.45, 2.75) is 108 Å². The second-order valence-corrected chi connectivity index (χ2v) is 14.6. The van der Waals surface area contributed by atoms with Crippen LogP contribution in [0.4, 0.5) is 0 Å². The number of benzene rings is 2. The number of phenols is 1. The van der Waals surface area contributed by atoms with Crippen molar-refractivity contribution < 1.29 is 14.6 Å². The molecule has 2 aromatic rings. The molecule has 2 heterocycles. The molecule has 3 aliphatic carbocycles. The smallest absolute Gasteiger partial charge is 0.166 e. The van der Waals surface area contributed by atoms with Crippen LogP contribution < -0.4 is 9.47 Å². The number of nitrogens with zero attached hydrogens (tertiary/aromatic N) is 2. The Morgan fingerprint density at radius 3 is 2.64 bits per heavy atom. The molecule has 2 saturated carbocycles. The van der Waals surface area contributed by atoms with E-state index in [-0.39, 0.29) is 11.5 Å².